The highest BCUT2D eigenvalue weighted by Crippen LogP contribution is 2.20. The lowest BCUT2D eigenvalue weighted by Crippen LogP contribution is -2.22. The smallest absolute Gasteiger partial charge is 0.0634 e. The number of nitrogens with one attached hydrogen (secondary N) is 1. The minimum atomic E-state index is 0.501. The molecule has 1 heterocycles. The molecule has 94 valence electrons. The zero-order chi connectivity index (χ0) is 11.9. The zero-order valence-electron chi connectivity index (χ0n) is 9.99. The van der Waals surface area contributed by atoms with Gasteiger partial charge in [-0.1, -0.05) is 24.4 Å². The van der Waals surface area contributed by atoms with Gasteiger partial charge in [-0.3, -0.25) is 4.98 Å². The summed E-state index contributed by atoms with van der Waals surface area (Å²) < 4.78 is 5.76. The summed E-state index contributed by atoms with van der Waals surface area (Å²) in [6.07, 6.45) is 9.05. The summed E-state index contributed by atoms with van der Waals surface area (Å²) in [6.45, 7) is 2.43. The van der Waals surface area contributed by atoms with Crippen molar-refractivity contribution in [2.24, 2.45) is 0 Å². The predicted octanol–water partition coefficient (Wildman–Crippen LogP) is 2.78. The first-order valence-electron chi connectivity index (χ1n) is 6.27. The summed E-state index contributed by atoms with van der Waals surface area (Å²) in [4.78, 5) is 3.96. The number of ether oxygens (including phenoxy) is 1. The second-order valence-corrected chi connectivity index (χ2v) is 4.83. The normalized spacial score (nSPS) is 16.5. The molecule has 0 unspecified atom stereocenters. The van der Waals surface area contributed by atoms with E-state index in [9.17, 15) is 0 Å². The Kier molecular flexibility index (Phi) is 5.23. The fraction of sp³-hybridized carbons (Fsp3) is 0.615. The Bertz CT molecular complexity index is 340. The first kappa shape index (κ1) is 12.8. The molecule has 17 heavy (non-hydrogen) atoms. The van der Waals surface area contributed by atoms with E-state index < -0.39 is 0 Å². The van der Waals surface area contributed by atoms with Crippen LogP contribution in [0, 0.1) is 0 Å². The molecule has 1 aromatic rings. The second-order valence-electron chi connectivity index (χ2n) is 4.42. The van der Waals surface area contributed by atoms with Gasteiger partial charge in [0.2, 0.25) is 0 Å². The number of pyridine rings is 1. The third kappa shape index (κ3) is 4.26. The number of hydrogen-bond donors (Lipinski definition) is 1. The highest BCUT2D eigenvalue weighted by Gasteiger charge is 2.14. The van der Waals surface area contributed by atoms with E-state index in [0.717, 1.165) is 30.3 Å². The zero-order valence-corrected chi connectivity index (χ0v) is 10.7. The van der Waals surface area contributed by atoms with Gasteiger partial charge in [-0.2, -0.15) is 0 Å². The van der Waals surface area contributed by atoms with Crippen molar-refractivity contribution in [3.05, 3.63) is 29.0 Å². The second kappa shape index (κ2) is 6.94. The number of nitrogens with zero attached hydrogens (tertiary/aromatic N) is 1. The number of halogens is 1. The molecular formula is C13H19ClN2O. The Morgan fingerprint density at radius 3 is 3.00 bits per heavy atom. The molecule has 0 atom stereocenters. The molecule has 3 nitrogen and oxygen atoms in total. The summed E-state index contributed by atoms with van der Waals surface area (Å²) in [5, 5.41) is 4.05. The minimum Gasteiger partial charge on any atom is -0.377 e. The van der Waals surface area contributed by atoms with Gasteiger partial charge < -0.3 is 10.1 Å². The third-order valence-electron chi connectivity index (χ3n) is 3.11. The van der Waals surface area contributed by atoms with Crippen molar-refractivity contribution in [1.29, 1.82) is 0 Å². The topological polar surface area (TPSA) is 34.2 Å². The Morgan fingerprint density at radius 1 is 1.41 bits per heavy atom. The summed E-state index contributed by atoms with van der Waals surface area (Å²) in [5.74, 6) is 0. The average molecular weight is 255 g/mol. The molecule has 1 aliphatic carbocycles. The Labute approximate surface area is 108 Å². The highest BCUT2D eigenvalue weighted by atomic mass is 35.5. The quantitative estimate of drug-likeness (QED) is 0.793. The fourth-order valence-electron chi connectivity index (χ4n) is 2.12. The molecule has 4 heteroatoms. The monoisotopic (exact) mass is 254 g/mol. The van der Waals surface area contributed by atoms with E-state index in [2.05, 4.69) is 10.3 Å². The van der Waals surface area contributed by atoms with Crippen LogP contribution in [0.5, 0.6) is 0 Å². The lowest BCUT2D eigenvalue weighted by molar-refractivity contribution is 0.0603. The van der Waals surface area contributed by atoms with Crippen molar-refractivity contribution in [2.45, 2.75) is 38.3 Å². The van der Waals surface area contributed by atoms with Crippen LogP contribution in [0.3, 0.4) is 0 Å². The van der Waals surface area contributed by atoms with Crippen molar-refractivity contribution in [1.82, 2.24) is 10.3 Å². The number of aromatic nitrogens is 1. The van der Waals surface area contributed by atoms with Gasteiger partial charge in [0.05, 0.1) is 17.7 Å². The molecule has 0 amide bonds. The van der Waals surface area contributed by atoms with Crippen LogP contribution >= 0.6 is 11.6 Å². The van der Waals surface area contributed by atoms with Crippen molar-refractivity contribution in [3.63, 3.8) is 0 Å². The van der Waals surface area contributed by atoms with Gasteiger partial charge in [-0.25, -0.2) is 0 Å². The maximum atomic E-state index is 6.01. The van der Waals surface area contributed by atoms with Gasteiger partial charge in [0.15, 0.2) is 0 Å². The van der Waals surface area contributed by atoms with Gasteiger partial charge in [0.25, 0.3) is 0 Å². The Balaban J connectivity index is 1.58. The van der Waals surface area contributed by atoms with E-state index in [1.165, 1.54) is 25.7 Å². The van der Waals surface area contributed by atoms with Crippen LogP contribution in [0.1, 0.15) is 31.2 Å². The first-order valence-corrected chi connectivity index (χ1v) is 6.65. The molecule has 1 aliphatic rings. The van der Waals surface area contributed by atoms with E-state index in [1.54, 1.807) is 12.4 Å². The van der Waals surface area contributed by atoms with E-state index in [1.807, 2.05) is 6.07 Å². The Morgan fingerprint density at radius 2 is 2.24 bits per heavy atom. The van der Waals surface area contributed by atoms with Crippen LogP contribution in [-0.4, -0.2) is 24.2 Å². The molecular weight excluding hydrogens is 236 g/mol. The standard InChI is InChI=1S/C13H19ClN2O/c14-13-10-15-6-5-11(13)9-16-7-8-17-12-3-1-2-4-12/h5-6,10,12,16H,1-4,7-9H2. The predicted molar refractivity (Wildman–Crippen MR) is 69.2 cm³/mol. The van der Waals surface area contributed by atoms with Crippen LogP contribution in [0.4, 0.5) is 0 Å². The fourth-order valence-corrected chi connectivity index (χ4v) is 2.31. The van der Waals surface area contributed by atoms with E-state index in [4.69, 9.17) is 16.3 Å². The lowest BCUT2D eigenvalue weighted by atomic mass is 10.2. The molecule has 1 fully saturated rings. The SMILES string of the molecule is Clc1cnccc1CNCCOC1CCCC1. The summed E-state index contributed by atoms with van der Waals surface area (Å²) in [6, 6.07) is 1.94. The molecule has 0 radical (unpaired) electrons. The van der Waals surface area contributed by atoms with Gasteiger partial charge in [0.1, 0.15) is 0 Å². The molecule has 1 saturated carbocycles. The molecule has 0 saturated heterocycles. The summed E-state index contributed by atoms with van der Waals surface area (Å²) >= 11 is 6.01. The van der Waals surface area contributed by atoms with E-state index >= 15 is 0 Å². The van der Waals surface area contributed by atoms with Gasteiger partial charge in [0, 0.05) is 25.5 Å². The summed E-state index contributed by atoms with van der Waals surface area (Å²) in [7, 11) is 0. The number of hydrogen-bond acceptors (Lipinski definition) is 3. The molecule has 2 rings (SSSR count). The van der Waals surface area contributed by atoms with Crippen LogP contribution in [0.25, 0.3) is 0 Å². The average Bonchev–Trinajstić information content (AvgIpc) is 2.84. The van der Waals surface area contributed by atoms with Crippen LogP contribution in [0.15, 0.2) is 18.5 Å². The maximum absolute atomic E-state index is 6.01. The molecule has 0 aromatic carbocycles. The van der Waals surface area contributed by atoms with Crippen molar-refractivity contribution in [3.8, 4) is 0 Å². The maximum Gasteiger partial charge on any atom is 0.0634 e. The largest absolute Gasteiger partial charge is 0.377 e. The highest BCUT2D eigenvalue weighted by molar-refractivity contribution is 6.31. The van der Waals surface area contributed by atoms with Gasteiger partial charge in [-0.05, 0) is 24.5 Å². The van der Waals surface area contributed by atoms with Crippen molar-refractivity contribution < 1.29 is 4.74 Å². The molecule has 0 spiro atoms. The number of rotatable bonds is 6. The molecule has 1 aromatic heterocycles. The molecule has 0 aliphatic heterocycles. The third-order valence-corrected chi connectivity index (χ3v) is 3.45. The summed E-state index contributed by atoms with van der Waals surface area (Å²) in [5.41, 5.74) is 1.09. The van der Waals surface area contributed by atoms with Crippen molar-refractivity contribution in [2.75, 3.05) is 13.2 Å². The van der Waals surface area contributed by atoms with E-state index in [-0.39, 0.29) is 0 Å². The first-order chi connectivity index (χ1) is 8.36. The van der Waals surface area contributed by atoms with Gasteiger partial charge in [-0.15, -0.1) is 0 Å². The molecule has 0 bridgehead atoms. The van der Waals surface area contributed by atoms with Crippen LogP contribution in [0.2, 0.25) is 5.02 Å². The van der Waals surface area contributed by atoms with Crippen LogP contribution in [-0.2, 0) is 11.3 Å². The van der Waals surface area contributed by atoms with Gasteiger partial charge >= 0.3 is 0 Å². The van der Waals surface area contributed by atoms with E-state index in [0.29, 0.717) is 6.10 Å². The Hall–Kier alpha value is -0.640. The van der Waals surface area contributed by atoms with Crippen LogP contribution < -0.4 is 5.32 Å². The minimum absolute atomic E-state index is 0.501. The molecule has 1 N–H and O–H groups in total. The van der Waals surface area contributed by atoms with Crippen molar-refractivity contribution >= 4 is 11.6 Å². The lowest BCUT2D eigenvalue weighted by Gasteiger charge is -2.11.